The number of benzene rings is 2. The summed E-state index contributed by atoms with van der Waals surface area (Å²) in [4.78, 5) is 16.7. The number of likely N-dealkylation sites (tertiary alicyclic amines) is 1. The van der Waals surface area contributed by atoms with Crippen LogP contribution < -0.4 is 4.72 Å². The molecule has 2 aromatic carbocycles. The molecule has 0 saturated carbocycles. The maximum Gasteiger partial charge on any atom is 0.261 e. The zero-order valence-electron chi connectivity index (χ0n) is 16.2. The van der Waals surface area contributed by atoms with E-state index in [4.69, 9.17) is 11.6 Å². The predicted molar refractivity (Wildman–Crippen MR) is 111 cm³/mol. The van der Waals surface area contributed by atoms with Crippen molar-refractivity contribution in [1.29, 1.82) is 0 Å². The third kappa shape index (κ3) is 5.07. The lowest BCUT2D eigenvalue weighted by molar-refractivity contribution is 0.0635. The summed E-state index contributed by atoms with van der Waals surface area (Å²) in [6.07, 6.45) is 1.94. The van der Waals surface area contributed by atoms with Gasteiger partial charge in [-0.1, -0.05) is 11.6 Å². The molecular formula is C20H23ClFN3O3S. The van der Waals surface area contributed by atoms with Crippen LogP contribution in [0.2, 0.25) is 5.02 Å². The SMILES string of the molecule is CN(C)C1CCCN(C(=O)c2ccc(Cl)c(NS(=O)(=O)c3ccc(F)cc3)c2)C1. The molecule has 3 rings (SSSR count). The number of nitrogens with one attached hydrogen (secondary N) is 1. The van der Waals surface area contributed by atoms with Crippen molar-refractivity contribution in [3.63, 3.8) is 0 Å². The molecule has 1 aliphatic heterocycles. The van der Waals surface area contributed by atoms with Gasteiger partial charge >= 0.3 is 0 Å². The average molecular weight is 440 g/mol. The Morgan fingerprint density at radius 2 is 1.90 bits per heavy atom. The largest absolute Gasteiger partial charge is 0.337 e. The molecule has 9 heteroatoms. The molecule has 1 N–H and O–H groups in total. The lowest BCUT2D eigenvalue weighted by Gasteiger charge is -2.36. The fraction of sp³-hybridized carbons (Fsp3) is 0.350. The second-order valence-electron chi connectivity index (χ2n) is 7.26. The van der Waals surface area contributed by atoms with Gasteiger partial charge in [-0.2, -0.15) is 0 Å². The number of piperidine rings is 1. The fourth-order valence-electron chi connectivity index (χ4n) is 3.30. The zero-order valence-corrected chi connectivity index (χ0v) is 17.8. The summed E-state index contributed by atoms with van der Waals surface area (Å²) < 4.78 is 40.6. The zero-order chi connectivity index (χ0) is 21.2. The van der Waals surface area contributed by atoms with Crippen molar-refractivity contribution in [2.45, 2.75) is 23.8 Å². The number of nitrogens with zero attached hydrogens (tertiary/aromatic N) is 2. The fourth-order valence-corrected chi connectivity index (χ4v) is 4.59. The topological polar surface area (TPSA) is 69.7 Å². The van der Waals surface area contributed by atoms with E-state index in [1.165, 1.54) is 12.1 Å². The normalized spacial score (nSPS) is 17.4. The molecule has 1 amide bonds. The average Bonchev–Trinajstić information content (AvgIpc) is 2.69. The number of hydrogen-bond donors (Lipinski definition) is 1. The molecule has 6 nitrogen and oxygen atoms in total. The molecule has 156 valence electrons. The van der Waals surface area contributed by atoms with E-state index in [0.717, 1.165) is 37.1 Å². The number of anilines is 1. The van der Waals surface area contributed by atoms with E-state index in [1.54, 1.807) is 11.0 Å². The number of likely N-dealkylation sites (N-methyl/N-ethyl adjacent to an activating group) is 1. The minimum absolute atomic E-state index is 0.100. The third-order valence-corrected chi connectivity index (χ3v) is 6.71. The highest BCUT2D eigenvalue weighted by molar-refractivity contribution is 7.92. The first kappa shape index (κ1) is 21.5. The number of hydrogen-bond acceptors (Lipinski definition) is 4. The molecule has 1 heterocycles. The van der Waals surface area contributed by atoms with Crippen LogP contribution in [0.25, 0.3) is 0 Å². The Labute approximate surface area is 175 Å². The molecule has 1 unspecified atom stereocenters. The molecule has 1 aliphatic rings. The van der Waals surface area contributed by atoms with E-state index >= 15 is 0 Å². The van der Waals surface area contributed by atoms with Crippen molar-refractivity contribution in [2.75, 3.05) is 31.9 Å². The Bertz CT molecular complexity index is 997. The third-order valence-electron chi connectivity index (χ3n) is 5.00. The van der Waals surface area contributed by atoms with Gasteiger partial charge in [-0.15, -0.1) is 0 Å². The van der Waals surface area contributed by atoms with Gasteiger partial charge in [0.15, 0.2) is 0 Å². The van der Waals surface area contributed by atoms with Gasteiger partial charge in [0.25, 0.3) is 15.9 Å². The van der Waals surface area contributed by atoms with Crippen LogP contribution in [0.5, 0.6) is 0 Å². The summed E-state index contributed by atoms with van der Waals surface area (Å²) in [6.45, 7) is 1.27. The van der Waals surface area contributed by atoms with Gasteiger partial charge in [-0.05, 0) is 69.4 Å². The molecule has 0 aliphatic carbocycles. The molecule has 1 fully saturated rings. The van der Waals surface area contributed by atoms with E-state index in [1.807, 2.05) is 14.1 Å². The van der Waals surface area contributed by atoms with Crippen molar-refractivity contribution in [3.05, 3.63) is 58.9 Å². The Morgan fingerprint density at radius 3 is 2.55 bits per heavy atom. The van der Waals surface area contributed by atoms with Gasteiger partial charge in [0.2, 0.25) is 0 Å². The highest BCUT2D eigenvalue weighted by Crippen LogP contribution is 2.27. The van der Waals surface area contributed by atoms with Crippen LogP contribution in [0.3, 0.4) is 0 Å². The quantitative estimate of drug-likeness (QED) is 0.774. The predicted octanol–water partition coefficient (Wildman–Crippen LogP) is 3.45. The van der Waals surface area contributed by atoms with E-state index in [-0.39, 0.29) is 27.6 Å². The smallest absolute Gasteiger partial charge is 0.261 e. The lowest BCUT2D eigenvalue weighted by Crippen LogP contribution is -2.47. The van der Waals surface area contributed by atoms with Crippen molar-refractivity contribution in [2.24, 2.45) is 0 Å². The van der Waals surface area contributed by atoms with E-state index in [0.29, 0.717) is 18.7 Å². The first-order valence-corrected chi connectivity index (χ1v) is 11.1. The minimum atomic E-state index is -3.97. The molecule has 0 radical (unpaired) electrons. The summed E-state index contributed by atoms with van der Waals surface area (Å²) in [6, 6.07) is 9.25. The van der Waals surface area contributed by atoms with Crippen LogP contribution in [0, 0.1) is 5.82 Å². The minimum Gasteiger partial charge on any atom is -0.337 e. The number of carbonyl (C=O) groups is 1. The standard InChI is InChI=1S/C20H23ClFN3O3S/c1-24(2)16-4-3-11-25(13-16)20(26)14-5-10-18(21)19(12-14)23-29(27,28)17-8-6-15(22)7-9-17/h5-10,12,16,23H,3-4,11,13H2,1-2H3. The van der Waals surface area contributed by atoms with Crippen LogP contribution in [0.4, 0.5) is 10.1 Å². The maximum absolute atomic E-state index is 13.1. The second-order valence-corrected chi connectivity index (χ2v) is 9.35. The highest BCUT2D eigenvalue weighted by atomic mass is 35.5. The summed E-state index contributed by atoms with van der Waals surface area (Å²) in [5.74, 6) is -0.706. The first-order chi connectivity index (χ1) is 13.7. The van der Waals surface area contributed by atoms with Crippen LogP contribution >= 0.6 is 11.6 Å². The van der Waals surface area contributed by atoms with Crippen LogP contribution in [0.1, 0.15) is 23.2 Å². The summed E-state index contributed by atoms with van der Waals surface area (Å²) in [5, 5.41) is 0.164. The molecular weight excluding hydrogens is 417 g/mol. The van der Waals surface area contributed by atoms with Gasteiger partial charge in [0.1, 0.15) is 5.82 Å². The molecule has 0 aromatic heterocycles. The Kier molecular flexibility index (Phi) is 6.45. The molecule has 2 aromatic rings. The van der Waals surface area contributed by atoms with E-state index < -0.39 is 15.8 Å². The van der Waals surface area contributed by atoms with Gasteiger partial charge < -0.3 is 9.80 Å². The van der Waals surface area contributed by atoms with E-state index in [9.17, 15) is 17.6 Å². The number of amides is 1. The molecule has 1 atom stereocenters. The van der Waals surface area contributed by atoms with Gasteiger partial charge in [-0.25, -0.2) is 12.8 Å². The molecule has 0 bridgehead atoms. The Hall–Kier alpha value is -2.16. The number of rotatable bonds is 5. The van der Waals surface area contributed by atoms with Gasteiger partial charge in [-0.3, -0.25) is 9.52 Å². The van der Waals surface area contributed by atoms with Gasteiger partial charge in [0, 0.05) is 24.7 Å². The highest BCUT2D eigenvalue weighted by Gasteiger charge is 2.26. The Balaban J connectivity index is 1.82. The summed E-state index contributed by atoms with van der Waals surface area (Å²) in [7, 11) is 0.00610. The van der Waals surface area contributed by atoms with Crippen molar-refractivity contribution in [3.8, 4) is 0 Å². The van der Waals surface area contributed by atoms with Crippen LogP contribution in [0.15, 0.2) is 47.4 Å². The monoisotopic (exact) mass is 439 g/mol. The van der Waals surface area contributed by atoms with Crippen molar-refractivity contribution in [1.82, 2.24) is 9.80 Å². The summed E-state index contributed by atoms with van der Waals surface area (Å²) >= 11 is 6.15. The van der Waals surface area contributed by atoms with Crippen LogP contribution in [-0.4, -0.2) is 57.4 Å². The maximum atomic E-state index is 13.1. The second kappa shape index (κ2) is 8.69. The van der Waals surface area contributed by atoms with Gasteiger partial charge in [0.05, 0.1) is 15.6 Å². The summed E-state index contributed by atoms with van der Waals surface area (Å²) in [5.41, 5.74) is 0.452. The number of halogens is 2. The first-order valence-electron chi connectivity index (χ1n) is 9.21. The number of carbonyl (C=O) groups excluding carboxylic acids is 1. The lowest BCUT2D eigenvalue weighted by atomic mass is 10.0. The Morgan fingerprint density at radius 1 is 1.21 bits per heavy atom. The number of sulfonamides is 1. The molecule has 1 saturated heterocycles. The van der Waals surface area contributed by atoms with E-state index in [2.05, 4.69) is 9.62 Å². The van der Waals surface area contributed by atoms with Crippen LogP contribution in [-0.2, 0) is 10.0 Å². The molecule has 0 spiro atoms. The van der Waals surface area contributed by atoms with Crippen molar-refractivity contribution >= 4 is 33.2 Å². The molecule has 29 heavy (non-hydrogen) atoms. The van der Waals surface area contributed by atoms with Crippen molar-refractivity contribution < 1.29 is 17.6 Å².